The van der Waals surface area contributed by atoms with Crippen molar-refractivity contribution >= 4 is 46.4 Å². The van der Waals surface area contributed by atoms with E-state index in [0.717, 1.165) is 17.7 Å². The van der Waals surface area contributed by atoms with Crippen LogP contribution in [0.1, 0.15) is 12.8 Å². The van der Waals surface area contributed by atoms with Crippen LogP contribution in [0.4, 0.5) is 11.4 Å². The predicted octanol–water partition coefficient (Wildman–Crippen LogP) is 2.24. The minimum Gasteiger partial charge on any atom is -0.397 e. The molecule has 2 amide bonds. The van der Waals surface area contributed by atoms with Crippen LogP contribution in [-0.4, -0.2) is 24.0 Å². The summed E-state index contributed by atoms with van der Waals surface area (Å²) >= 11 is 11.9. The average Bonchev–Trinajstić information content (AvgIpc) is 3.09. The fourth-order valence-corrected chi connectivity index (χ4v) is 4.02. The normalized spacial score (nSPS) is 33.9. The van der Waals surface area contributed by atoms with E-state index in [9.17, 15) is 9.59 Å². The molecule has 4 rings (SSSR count). The van der Waals surface area contributed by atoms with Crippen LogP contribution in [0.2, 0.25) is 10.0 Å². The van der Waals surface area contributed by atoms with E-state index in [-0.39, 0.29) is 46.6 Å². The second-order valence-corrected chi connectivity index (χ2v) is 6.49. The minimum atomic E-state index is -0.384. The molecule has 0 aromatic heterocycles. The Morgan fingerprint density at radius 2 is 1.57 bits per heavy atom. The number of halogens is 2. The van der Waals surface area contributed by atoms with Crippen LogP contribution in [-0.2, 0) is 14.3 Å². The van der Waals surface area contributed by atoms with Crippen LogP contribution in [0.25, 0.3) is 0 Å². The molecule has 110 valence electrons. The molecule has 2 bridgehead atoms. The molecule has 1 aromatic carbocycles. The Hall–Kier alpha value is -1.30. The molecule has 21 heavy (non-hydrogen) atoms. The van der Waals surface area contributed by atoms with E-state index in [0.29, 0.717) is 10.7 Å². The number of imide groups is 1. The van der Waals surface area contributed by atoms with Crippen LogP contribution >= 0.6 is 23.2 Å². The molecule has 0 radical (unpaired) electrons. The standard InChI is InChI=1S/C14H12Cl2N2O3/c15-5-3-7(17)8(4-6(5)16)18-13(19)11-9-1-2-10(21-9)12(11)14(18)20/h3-4,9-12H,1-2,17H2/t9-,10+,11-,12+. The lowest BCUT2D eigenvalue weighted by atomic mass is 9.81. The van der Waals surface area contributed by atoms with E-state index in [4.69, 9.17) is 33.7 Å². The number of benzene rings is 1. The lowest BCUT2D eigenvalue weighted by Gasteiger charge is -2.19. The third-order valence-corrected chi connectivity index (χ3v) is 5.32. The maximum atomic E-state index is 12.6. The molecule has 1 aromatic rings. The molecule has 3 heterocycles. The number of carbonyl (C=O) groups excluding carboxylic acids is 2. The number of ether oxygens (including phenoxy) is 1. The molecule has 7 heteroatoms. The maximum absolute atomic E-state index is 12.6. The first-order valence-corrected chi connectivity index (χ1v) is 7.52. The van der Waals surface area contributed by atoms with E-state index in [1.54, 1.807) is 0 Å². The Morgan fingerprint density at radius 3 is 2.14 bits per heavy atom. The molecule has 2 N–H and O–H groups in total. The maximum Gasteiger partial charge on any atom is 0.240 e. The van der Waals surface area contributed by atoms with Crippen LogP contribution < -0.4 is 10.6 Å². The summed E-state index contributed by atoms with van der Waals surface area (Å²) in [6.07, 6.45) is 1.36. The van der Waals surface area contributed by atoms with Gasteiger partial charge in [0.2, 0.25) is 11.8 Å². The van der Waals surface area contributed by atoms with Crippen molar-refractivity contribution in [2.75, 3.05) is 10.6 Å². The Kier molecular flexibility index (Phi) is 2.77. The topological polar surface area (TPSA) is 72.6 Å². The summed E-state index contributed by atoms with van der Waals surface area (Å²) in [5.41, 5.74) is 6.49. The number of nitrogen functional groups attached to an aromatic ring is 1. The zero-order chi connectivity index (χ0) is 14.9. The highest BCUT2D eigenvalue weighted by molar-refractivity contribution is 6.42. The highest BCUT2D eigenvalue weighted by Gasteiger charge is 2.62. The molecule has 0 saturated carbocycles. The number of anilines is 2. The smallest absolute Gasteiger partial charge is 0.240 e. The second kappa shape index (κ2) is 4.35. The summed E-state index contributed by atoms with van der Waals surface area (Å²) in [5, 5.41) is 0.554. The van der Waals surface area contributed by atoms with Gasteiger partial charge in [0.15, 0.2) is 0 Å². The van der Waals surface area contributed by atoms with Gasteiger partial charge in [-0.25, -0.2) is 4.90 Å². The van der Waals surface area contributed by atoms with Crippen LogP contribution in [0, 0.1) is 11.8 Å². The predicted molar refractivity (Wildman–Crippen MR) is 78.2 cm³/mol. The van der Waals surface area contributed by atoms with Gasteiger partial charge in [0.1, 0.15) is 0 Å². The van der Waals surface area contributed by atoms with Crippen molar-refractivity contribution < 1.29 is 14.3 Å². The molecule has 4 atom stereocenters. The summed E-state index contributed by atoms with van der Waals surface area (Å²) in [5.74, 6) is -1.26. The number of hydrogen-bond donors (Lipinski definition) is 1. The Morgan fingerprint density at radius 1 is 1.05 bits per heavy atom. The average molecular weight is 327 g/mol. The van der Waals surface area contributed by atoms with Crippen molar-refractivity contribution in [3.63, 3.8) is 0 Å². The molecule has 3 saturated heterocycles. The van der Waals surface area contributed by atoms with Gasteiger partial charge in [-0.1, -0.05) is 23.2 Å². The lowest BCUT2D eigenvalue weighted by Crippen LogP contribution is -2.34. The van der Waals surface area contributed by atoms with Gasteiger partial charge in [-0.3, -0.25) is 9.59 Å². The van der Waals surface area contributed by atoms with Crippen molar-refractivity contribution in [3.05, 3.63) is 22.2 Å². The Labute approximate surface area is 130 Å². The first kappa shape index (κ1) is 13.4. The van der Waals surface area contributed by atoms with Crippen LogP contribution in [0.5, 0.6) is 0 Å². The van der Waals surface area contributed by atoms with Gasteiger partial charge in [0.05, 0.1) is 45.5 Å². The zero-order valence-electron chi connectivity index (χ0n) is 10.9. The lowest BCUT2D eigenvalue weighted by molar-refractivity contribution is -0.124. The fraction of sp³-hybridized carbons (Fsp3) is 0.429. The molecule has 3 aliphatic rings. The molecular weight excluding hydrogens is 315 g/mol. The highest BCUT2D eigenvalue weighted by Crippen LogP contribution is 2.50. The van der Waals surface area contributed by atoms with E-state index in [1.165, 1.54) is 12.1 Å². The third-order valence-electron chi connectivity index (χ3n) is 4.59. The van der Waals surface area contributed by atoms with Crippen molar-refractivity contribution in [1.82, 2.24) is 0 Å². The molecule has 0 unspecified atom stereocenters. The van der Waals surface area contributed by atoms with Crippen LogP contribution in [0.3, 0.4) is 0 Å². The van der Waals surface area contributed by atoms with E-state index < -0.39 is 0 Å². The highest BCUT2D eigenvalue weighted by atomic mass is 35.5. The van der Waals surface area contributed by atoms with Gasteiger partial charge in [0.25, 0.3) is 0 Å². The quantitative estimate of drug-likeness (QED) is 0.634. The fourth-order valence-electron chi connectivity index (χ4n) is 3.69. The monoisotopic (exact) mass is 326 g/mol. The van der Waals surface area contributed by atoms with Gasteiger partial charge < -0.3 is 10.5 Å². The molecular formula is C14H12Cl2N2O3. The Balaban J connectivity index is 1.79. The van der Waals surface area contributed by atoms with Crippen molar-refractivity contribution in [1.29, 1.82) is 0 Å². The first-order chi connectivity index (χ1) is 9.99. The Bertz CT molecular complexity index is 650. The summed E-state index contributed by atoms with van der Waals surface area (Å²) in [6.45, 7) is 0. The second-order valence-electron chi connectivity index (χ2n) is 5.68. The summed E-state index contributed by atoms with van der Waals surface area (Å²) in [4.78, 5) is 26.4. The summed E-state index contributed by atoms with van der Waals surface area (Å²) in [6, 6.07) is 2.93. The van der Waals surface area contributed by atoms with E-state index in [1.807, 2.05) is 0 Å². The summed E-state index contributed by atoms with van der Waals surface area (Å²) in [7, 11) is 0. The molecule has 3 fully saturated rings. The number of nitrogens with zero attached hydrogens (tertiary/aromatic N) is 1. The van der Waals surface area contributed by atoms with Gasteiger partial charge >= 0.3 is 0 Å². The van der Waals surface area contributed by atoms with Gasteiger partial charge in [-0.2, -0.15) is 0 Å². The van der Waals surface area contributed by atoms with Gasteiger partial charge in [-0.15, -0.1) is 0 Å². The molecule has 5 nitrogen and oxygen atoms in total. The zero-order valence-corrected chi connectivity index (χ0v) is 12.4. The summed E-state index contributed by atoms with van der Waals surface area (Å²) < 4.78 is 5.69. The first-order valence-electron chi connectivity index (χ1n) is 6.77. The molecule has 3 aliphatic heterocycles. The van der Waals surface area contributed by atoms with E-state index >= 15 is 0 Å². The number of nitrogens with two attached hydrogens (primary N) is 1. The van der Waals surface area contributed by atoms with Crippen molar-refractivity contribution in [3.8, 4) is 0 Å². The van der Waals surface area contributed by atoms with Crippen LogP contribution in [0.15, 0.2) is 12.1 Å². The van der Waals surface area contributed by atoms with Crippen molar-refractivity contribution in [2.24, 2.45) is 11.8 Å². The SMILES string of the molecule is Nc1cc(Cl)c(Cl)cc1N1C(=O)[C@@H]2[C@H](C1=O)[C@H]1CC[C@@H]2O1. The third kappa shape index (κ3) is 1.68. The van der Waals surface area contributed by atoms with Gasteiger partial charge in [0, 0.05) is 0 Å². The largest absolute Gasteiger partial charge is 0.397 e. The number of fused-ring (bicyclic) bond motifs is 5. The van der Waals surface area contributed by atoms with E-state index in [2.05, 4.69) is 0 Å². The van der Waals surface area contributed by atoms with Gasteiger partial charge in [-0.05, 0) is 25.0 Å². The number of carbonyl (C=O) groups is 2. The van der Waals surface area contributed by atoms with Crippen molar-refractivity contribution in [2.45, 2.75) is 25.0 Å². The number of rotatable bonds is 1. The number of amides is 2. The molecule has 0 aliphatic carbocycles. The number of hydrogen-bond acceptors (Lipinski definition) is 4. The molecule has 0 spiro atoms. The minimum absolute atomic E-state index is 0.148.